The number of carbonyl (C=O) groups is 1. The molecule has 0 saturated carbocycles. The number of carbonyl (C=O) groups excluding carboxylic acids is 1. The van der Waals surface area contributed by atoms with Gasteiger partial charge >= 0.3 is 0 Å². The molecule has 1 unspecified atom stereocenters. The van der Waals surface area contributed by atoms with Crippen molar-refractivity contribution in [2.24, 2.45) is 4.99 Å². The number of halogens is 2. The van der Waals surface area contributed by atoms with Gasteiger partial charge in [-0.25, -0.2) is 14.4 Å². The highest BCUT2D eigenvalue weighted by atomic mass is 35.5. The number of nitrogens with one attached hydrogen (secondary N) is 2. The summed E-state index contributed by atoms with van der Waals surface area (Å²) in [6, 6.07) is 9.13. The van der Waals surface area contributed by atoms with Crippen LogP contribution in [0.2, 0.25) is 5.02 Å². The summed E-state index contributed by atoms with van der Waals surface area (Å²) >= 11 is 5.78. The van der Waals surface area contributed by atoms with E-state index in [0.717, 1.165) is 11.0 Å². The van der Waals surface area contributed by atoms with Crippen molar-refractivity contribution in [1.29, 1.82) is 0 Å². The minimum absolute atomic E-state index is 0.0285. The Morgan fingerprint density at radius 1 is 1.24 bits per heavy atom. The van der Waals surface area contributed by atoms with Crippen molar-refractivity contribution < 1.29 is 9.18 Å². The second kappa shape index (κ2) is 7.97. The average molecular weight is 410 g/mol. The molecule has 4 rings (SSSR count). The van der Waals surface area contributed by atoms with E-state index in [0.29, 0.717) is 29.1 Å². The number of amides is 1. The van der Waals surface area contributed by atoms with Crippen LogP contribution >= 0.6 is 11.6 Å². The first kappa shape index (κ1) is 19.0. The number of hydrogen-bond acceptors (Lipinski definition) is 5. The van der Waals surface area contributed by atoms with Gasteiger partial charge in [-0.15, -0.1) is 0 Å². The second-order valence-corrected chi connectivity index (χ2v) is 6.89. The molecule has 29 heavy (non-hydrogen) atoms. The number of aromatic nitrogens is 2. The van der Waals surface area contributed by atoms with Gasteiger partial charge < -0.3 is 10.6 Å². The first-order valence-electron chi connectivity index (χ1n) is 9.05. The minimum atomic E-state index is -0.543. The molecule has 0 aliphatic carbocycles. The van der Waals surface area contributed by atoms with Crippen molar-refractivity contribution in [2.45, 2.75) is 13.0 Å². The maximum absolute atomic E-state index is 13.9. The number of rotatable bonds is 6. The fraction of sp³-hybridized carbons (Fsp3) is 0.143. The lowest BCUT2D eigenvalue weighted by Crippen LogP contribution is -2.31. The lowest BCUT2D eigenvalue weighted by Gasteiger charge is -2.22. The largest absolute Gasteiger partial charge is 0.354 e. The Morgan fingerprint density at radius 2 is 2.07 bits per heavy atom. The molecule has 3 aromatic rings. The fourth-order valence-electron chi connectivity index (χ4n) is 2.98. The molecular formula is C21H17ClFN5O. The van der Waals surface area contributed by atoms with E-state index in [1.54, 1.807) is 42.9 Å². The van der Waals surface area contributed by atoms with Crippen LogP contribution in [0.15, 0.2) is 59.4 Å². The van der Waals surface area contributed by atoms with Crippen LogP contribution in [-0.4, -0.2) is 28.6 Å². The number of anilines is 1. The van der Waals surface area contributed by atoms with E-state index < -0.39 is 11.9 Å². The average Bonchev–Trinajstić information content (AvgIpc) is 2.68. The Labute approximate surface area is 171 Å². The Morgan fingerprint density at radius 3 is 2.76 bits per heavy atom. The zero-order valence-corrected chi connectivity index (χ0v) is 16.2. The third-order valence-electron chi connectivity index (χ3n) is 4.51. The van der Waals surface area contributed by atoms with E-state index in [1.165, 1.54) is 12.1 Å². The zero-order valence-electron chi connectivity index (χ0n) is 15.5. The lowest BCUT2D eigenvalue weighted by molar-refractivity contribution is 0.0943. The Bertz CT molecular complexity index is 1160. The van der Waals surface area contributed by atoms with Gasteiger partial charge in [0.25, 0.3) is 5.91 Å². The summed E-state index contributed by atoms with van der Waals surface area (Å²) in [5, 5.41) is 6.84. The van der Waals surface area contributed by atoms with Gasteiger partial charge in [0.15, 0.2) is 0 Å². The summed E-state index contributed by atoms with van der Waals surface area (Å²) < 4.78 is 13.9. The summed E-state index contributed by atoms with van der Waals surface area (Å²) in [5.74, 6) is -0.349. The molecule has 1 aliphatic rings. The highest BCUT2D eigenvalue weighted by Gasteiger charge is 2.22. The first-order valence-corrected chi connectivity index (χ1v) is 9.42. The Kier molecular flexibility index (Phi) is 5.22. The quantitative estimate of drug-likeness (QED) is 0.636. The van der Waals surface area contributed by atoms with Crippen LogP contribution in [0.25, 0.3) is 10.9 Å². The summed E-state index contributed by atoms with van der Waals surface area (Å²) in [6.45, 7) is 2.65. The molecule has 2 N–H and O–H groups in total. The monoisotopic (exact) mass is 409 g/mol. The molecule has 2 heterocycles. The van der Waals surface area contributed by atoms with Gasteiger partial charge in [0.05, 0.1) is 16.6 Å². The Hall–Kier alpha value is -3.32. The van der Waals surface area contributed by atoms with Crippen LogP contribution in [0.1, 0.15) is 28.9 Å². The first-order chi connectivity index (χ1) is 14.0. The smallest absolute Gasteiger partial charge is 0.252 e. The van der Waals surface area contributed by atoms with Gasteiger partial charge in [-0.3, -0.25) is 9.79 Å². The zero-order chi connectivity index (χ0) is 20.4. The van der Waals surface area contributed by atoms with Crippen molar-refractivity contribution in [3.8, 4) is 0 Å². The number of benzene rings is 2. The maximum Gasteiger partial charge on any atom is 0.252 e. The van der Waals surface area contributed by atoms with Crippen molar-refractivity contribution in [3.05, 3.63) is 76.3 Å². The lowest BCUT2D eigenvalue weighted by atomic mass is 9.97. The number of fused-ring (bicyclic) bond motifs is 1. The van der Waals surface area contributed by atoms with Gasteiger partial charge in [-0.2, -0.15) is 0 Å². The molecule has 0 radical (unpaired) electrons. The van der Waals surface area contributed by atoms with E-state index in [1.807, 2.05) is 6.92 Å². The van der Waals surface area contributed by atoms with Gasteiger partial charge in [0.2, 0.25) is 5.95 Å². The number of nitrogens with zero attached hydrogens (tertiary/aromatic N) is 3. The molecule has 1 aromatic heterocycles. The minimum Gasteiger partial charge on any atom is -0.354 e. The van der Waals surface area contributed by atoms with Crippen LogP contribution in [0.5, 0.6) is 0 Å². The van der Waals surface area contributed by atoms with E-state index in [2.05, 4.69) is 25.6 Å². The van der Waals surface area contributed by atoms with Gasteiger partial charge in [0.1, 0.15) is 5.82 Å². The van der Waals surface area contributed by atoms with E-state index in [4.69, 9.17) is 11.6 Å². The predicted octanol–water partition coefficient (Wildman–Crippen LogP) is 4.29. The molecule has 8 heteroatoms. The predicted molar refractivity (Wildman–Crippen MR) is 112 cm³/mol. The molecule has 1 amide bonds. The van der Waals surface area contributed by atoms with E-state index in [-0.39, 0.29) is 10.9 Å². The summed E-state index contributed by atoms with van der Waals surface area (Å²) in [4.78, 5) is 25.5. The van der Waals surface area contributed by atoms with Gasteiger partial charge in [-0.1, -0.05) is 23.7 Å². The van der Waals surface area contributed by atoms with Crippen LogP contribution in [0.4, 0.5) is 10.3 Å². The fourth-order valence-corrected chi connectivity index (χ4v) is 3.10. The maximum atomic E-state index is 13.9. The van der Waals surface area contributed by atoms with Gasteiger partial charge in [-0.05, 0) is 36.8 Å². The topological polar surface area (TPSA) is 79.3 Å². The Balaban J connectivity index is 1.62. The van der Waals surface area contributed by atoms with Gasteiger partial charge in [0, 0.05) is 41.7 Å². The van der Waals surface area contributed by atoms with Crippen molar-refractivity contribution >= 4 is 40.6 Å². The molecule has 0 fully saturated rings. The molecule has 6 nitrogen and oxygen atoms in total. The highest BCUT2D eigenvalue weighted by molar-refractivity contribution is 6.30. The summed E-state index contributed by atoms with van der Waals surface area (Å²) in [7, 11) is 0. The van der Waals surface area contributed by atoms with Crippen LogP contribution in [-0.2, 0) is 0 Å². The third-order valence-corrected chi connectivity index (χ3v) is 4.82. The van der Waals surface area contributed by atoms with Crippen molar-refractivity contribution in [3.63, 3.8) is 0 Å². The van der Waals surface area contributed by atoms with Crippen LogP contribution in [0.3, 0.4) is 0 Å². The summed E-state index contributed by atoms with van der Waals surface area (Å²) in [5.41, 5.74) is 2.45. The van der Waals surface area contributed by atoms with Crippen LogP contribution in [0, 0.1) is 5.82 Å². The summed E-state index contributed by atoms with van der Waals surface area (Å²) in [6.07, 6.45) is 4.97. The standard InChI is InChI=1S/C21H17ClFN5O/c1-2-25-21-26-11-14-4-3-13(8-18(14)27-21)20(29)28-19(15-9-24-10-15)12-5-6-16(22)17(23)7-12/h3-11,19H,2H2,1H3,(H,28,29)(H,25,26,27). The molecule has 146 valence electrons. The molecule has 1 aliphatic heterocycles. The molecular weight excluding hydrogens is 393 g/mol. The number of hydrogen-bond donors (Lipinski definition) is 2. The molecule has 0 spiro atoms. The van der Waals surface area contributed by atoms with Crippen molar-refractivity contribution in [2.75, 3.05) is 11.9 Å². The molecule has 0 saturated heterocycles. The van der Waals surface area contributed by atoms with E-state index in [9.17, 15) is 9.18 Å². The van der Waals surface area contributed by atoms with Crippen LogP contribution < -0.4 is 10.6 Å². The second-order valence-electron chi connectivity index (χ2n) is 6.48. The molecule has 2 aromatic carbocycles. The third kappa shape index (κ3) is 3.95. The SMILES string of the molecule is CCNc1ncc2ccc(C(=O)NC(C3=CN=C3)c3ccc(Cl)c(F)c3)cc2n1. The highest BCUT2D eigenvalue weighted by Crippen LogP contribution is 2.27. The van der Waals surface area contributed by atoms with E-state index >= 15 is 0 Å². The molecule has 1 atom stereocenters. The van der Waals surface area contributed by atoms with Crippen molar-refractivity contribution in [1.82, 2.24) is 15.3 Å². The normalized spacial score (nSPS) is 13.6. The molecule has 0 bridgehead atoms. The number of aliphatic imine (C=N–C) groups is 1.